The molecule has 1 N–H and O–H groups in total. The van der Waals surface area contributed by atoms with E-state index in [0.29, 0.717) is 31.3 Å². The molecule has 0 fully saturated rings. The number of para-hydroxylation sites is 1. The van der Waals surface area contributed by atoms with Crippen molar-refractivity contribution >= 4 is 17.5 Å². The molecule has 0 aliphatic carbocycles. The van der Waals surface area contributed by atoms with E-state index in [9.17, 15) is 4.79 Å². The van der Waals surface area contributed by atoms with Gasteiger partial charge < -0.3 is 10.1 Å². The van der Waals surface area contributed by atoms with Gasteiger partial charge in [-0.3, -0.25) is 9.69 Å². The number of ether oxygens (including phenoxy) is 1. The van der Waals surface area contributed by atoms with Gasteiger partial charge in [-0.15, -0.1) is 0 Å². The lowest BCUT2D eigenvalue weighted by Gasteiger charge is -2.16. The molecule has 0 unspecified atom stereocenters. The smallest absolute Gasteiger partial charge is 0.234 e. The molecule has 4 nitrogen and oxygen atoms in total. The van der Waals surface area contributed by atoms with Crippen LogP contribution in [0.5, 0.6) is 5.75 Å². The van der Waals surface area contributed by atoms with Crippen molar-refractivity contribution in [3.8, 4) is 5.75 Å². The number of hydrogen-bond acceptors (Lipinski definition) is 3. The van der Waals surface area contributed by atoms with Crippen LogP contribution in [0, 0.1) is 0 Å². The third-order valence-corrected chi connectivity index (χ3v) is 3.43. The number of carbonyl (C=O) groups is 1. The lowest BCUT2D eigenvalue weighted by Crippen LogP contribution is -2.36. The minimum Gasteiger partial charge on any atom is -0.492 e. The first-order chi connectivity index (χ1) is 11.1. The van der Waals surface area contributed by atoms with Gasteiger partial charge >= 0.3 is 0 Å². The molecular formula is C18H21ClN2O2. The summed E-state index contributed by atoms with van der Waals surface area (Å²) in [6.07, 6.45) is 0. The molecule has 0 atom stereocenters. The van der Waals surface area contributed by atoms with Crippen molar-refractivity contribution in [2.75, 3.05) is 26.7 Å². The van der Waals surface area contributed by atoms with Gasteiger partial charge in [-0.2, -0.15) is 0 Å². The summed E-state index contributed by atoms with van der Waals surface area (Å²) in [4.78, 5) is 13.8. The number of carbonyl (C=O) groups excluding carboxylic acids is 1. The quantitative estimate of drug-likeness (QED) is 0.756. The van der Waals surface area contributed by atoms with Crippen LogP contribution in [-0.2, 0) is 11.3 Å². The Hall–Kier alpha value is -2.04. The molecule has 0 saturated carbocycles. The fraction of sp³-hybridized carbons (Fsp3) is 0.278. The summed E-state index contributed by atoms with van der Waals surface area (Å²) in [5.74, 6) is 0.783. The van der Waals surface area contributed by atoms with Crippen molar-refractivity contribution in [2.24, 2.45) is 0 Å². The van der Waals surface area contributed by atoms with Crippen LogP contribution in [0.4, 0.5) is 0 Å². The fourth-order valence-corrected chi connectivity index (χ4v) is 2.39. The van der Waals surface area contributed by atoms with E-state index in [0.717, 1.165) is 11.3 Å². The third kappa shape index (κ3) is 6.72. The highest BCUT2D eigenvalue weighted by Gasteiger charge is 2.07. The van der Waals surface area contributed by atoms with E-state index in [4.69, 9.17) is 16.3 Å². The molecule has 0 aromatic heterocycles. The van der Waals surface area contributed by atoms with Crippen LogP contribution < -0.4 is 10.1 Å². The first-order valence-corrected chi connectivity index (χ1v) is 7.89. The van der Waals surface area contributed by atoms with Gasteiger partial charge in [0.1, 0.15) is 12.4 Å². The minimum absolute atomic E-state index is 0.0220. The Bertz CT molecular complexity index is 619. The second-order valence-corrected chi connectivity index (χ2v) is 5.75. The molecule has 0 saturated heterocycles. The van der Waals surface area contributed by atoms with Gasteiger partial charge in [0.2, 0.25) is 5.91 Å². The molecule has 0 radical (unpaired) electrons. The van der Waals surface area contributed by atoms with E-state index < -0.39 is 0 Å². The predicted molar refractivity (Wildman–Crippen MR) is 92.7 cm³/mol. The lowest BCUT2D eigenvalue weighted by atomic mass is 10.2. The zero-order chi connectivity index (χ0) is 16.5. The van der Waals surface area contributed by atoms with Crippen LogP contribution >= 0.6 is 11.6 Å². The summed E-state index contributed by atoms with van der Waals surface area (Å²) in [5.41, 5.74) is 1.08. The van der Waals surface area contributed by atoms with Crippen LogP contribution in [0.3, 0.4) is 0 Å². The number of amides is 1. The topological polar surface area (TPSA) is 41.6 Å². The highest BCUT2D eigenvalue weighted by atomic mass is 35.5. The van der Waals surface area contributed by atoms with Gasteiger partial charge in [-0.05, 0) is 36.9 Å². The molecule has 2 rings (SSSR count). The summed E-state index contributed by atoms with van der Waals surface area (Å²) >= 11 is 5.96. The maximum atomic E-state index is 11.9. The summed E-state index contributed by atoms with van der Waals surface area (Å²) < 4.78 is 5.53. The van der Waals surface area contributed by atoms with Gasteiger partial charge in [0.25, 0.3) is 0 Å². The normalized spacial score (nSPS) is 10.6. The van der Waals surface area contributed by atoms with Crippen LogP contribution in [0.1, 0.15) is 5.56 Å². The largest absolute Gasteiger partial charge is 0.492 e. The Labute approximate surface area is 142 Å². The van der Waals surface area contributed by atoms with Crippen LogP contribution in [0.15, 0.2) is 54.6 Å². The zero-order valence-electron chi connectivity index (χ0n) is 13.2. The van der Waals surface area contributed by atoms with Gasteiger partial charge in [-0.1, -0.05) is 41.9 Å². The van der Waals surface area contributed by atoms with E-state index >= 15 is 0 Å². The minimum atomic E-state index is -0.0220. The molecule has 5 heteroatoms. The van der Waals surface area contributed by atoms with Gasteiger partial charge in [0.15, 0.2) is 0 Å². The van der Waals surface area contributed by atoms with Crippen molar-refractivity contribution < 1.29 is 9.53 Å². The monoisotopic (exact) mass is 332 g/mol. The lowest BCUT2D eigenvalue weighted by molar-refractivity contribution is -0.122. The average molecular weight is 333 g/mol. The maximum Gasteiger partial charge on any atom is 0.234 e. The molecule has 23 heavy (non-hydrogen) atoms. The standard InChI is InChI=1S/C18H21ClN2O2/c1-21(13-15-6-5-7-16(19)12-15)14-18(22)20-10-11-23-17-8-3-2-4-9-17/h2-9,12H,10-11,13-14H2,1H3,(H,20,22). The number of benzene rings is 2. The van der Waals surface area contributed by atoms with Gasteiger partial charge in [0, 0.05) is 11.6 Å². The molecule has 2 aromatic rings. The van der Waals surface area contributed by atoms with Gasteiger partial charge in [-0.25, -0.2) is 0 Å². The molecule has 0 heterocycles. The fourth-order valence-electron chi connectivity index (χ4n) is 2.18. The van der Waals surface area contributed by atoms with E-state index in [-0.39, 0.29) is 5.91 Å². The average Bonchev–Trinajstić information content (AvgIpc) is 2.52. The number of nitrogens with one attached hydrogen (secondary N) is 1. The molecule has 122 valence electrons. The number of hydrogen-bond donors (Lipinski definition) is 1. The second kappa shape index (κ2) is 9.18. The van der Waals surface area contributed by atoms with E-state index in [2.05, 4.69) is 5.32 Å². The Kier molecular flexibility index (Phi) is 6.91. The predicted octanol–water partition coefficient (Wildman–Crippen LogP) is 2.97. The van der Waals surface area contributed by atoms with Crippen molar-refractivity contribution in [2.45, 2.75) is 6.54 Å². The maximum absolute atomic E-state index is 11.9. The first-order valence-electron chi connectivity index (χ1n) is 7.51. The summed E-state index contributed by atoms with van der Waals surface area (Å²) in [7, 11) is 1.90. The molecule has 0 spiro atoms. The van der Waals surface area contributed by atoms with Crippen LogP contribution in [0.25, 0.3) is 0 Å². The first kappa shape index (κ1) is 17.3. The summed E-state index contributed by atoms with van der Waals surface area (Å²) in [6, 6.07) is 17.2. The van der Waals surface area contributed by atoms with Crippen molar-refractivity contribution in [3.63, 3.8) is 0 Å². The Balaban J connectivity index is 1.64. The number of nitrogens with zero attached hydrogens (tertiary/aromatic N) is 1. The highest BCUT2D eigenvalue weighted by molar-refractivity contribution is 6.30. The summed E-state index contributed by atoms with van der Waals surface area (Å²) in [5, 5.41) is 3.56. The van der Waals surface area contributed by atoms with Crippen LogP contribution in [-0.4, -0.2) is 37.6 Å². The third-order valence-electron chi connectivity index (χ3n) is 3.19. The molecule has 0 aliphatic heterocycles. The summed E-state index contributed by atoms with van der Waals surface area (Å²) in [6.45, 7) is 1.94. The van der Waals surface area contributed by atoms with Crippen molar-refractivity contribution in [3.05, 3.63) is 65.2 Å². The van der Waals surface area contributed by atoms with E-state index in [1.807, 2.05) is 66.5 Å². The number of halogens is 1. The number of likely N-dealkylation sites (N-methyl/N-ethyl adjacent to an activating group) is 1. The second-order valence-electron chi connectivity index (χ2n) is 5.31. The molecule has 0 bridgehead atoms. The molecule has 0 aliphatic rings. The van der Waals surface area contributed by atoms with E-state index in [1.165, 1.54) is 0 Å². The highest BCUT2D eigenvalue weighted by Crippen LogP contribution is 2.12. The number of rotatable bonds is 8. The van der Waals surface area contributed by atoms with Crippen molar-refractivity contribution in [1.29, 1.82) is 0 Å². The Morgan fingerprint density at radius 2 is 1.96 bits per heavy atom. The molecule has 2 aromatic carbocycles. The van der Waals surface area contributed by atoms with Crippen molar-refractivity contribution in [1.82, 2.24) is 10.2 Å². The molecular weight excluding hydrogens is 312 g/mol. The van der Waals surface area contributed by atoms with E-state index in [1.54, 1.807) is 0 Å². The SMILES string of the molecule is CN(CC(=O)NCCOc1ccccc1)Cc1cccc(Cl)c1. The van der Waals surface area contributed by atoms with Crippen LogP contribution in [0.2, 0.25) is 5.02 Å². The van der Waals surface area contributed by atoms with Gasteiger partial charge in [0.05, 0.1) is 13.1 Å². The Morgan fingerprint density at radius 1 is 1.17 bits per heavy atom. The Morgan fingerprint density at radius 3 is 2.70 bits per heavy atom. The molecule has 1 amide bonds. The zero-order valence-corrected chi connectivity index (χ0v) is 13.9.